The van der Waals surface area contributed by atoms with Crippen molar-refractivity contribution in [1.82, 2.24) is 20.3 Å². The number of hydrogen-bond acceptors (Lipinski definition) is 4. The van der Waals surface area contributed by atoms with Gasteiger partial charge < -0.3 is 9.84 Å². The molecule has 3 rings (SSSR count). The molecule has 2 N–H and O–H groups in total. The fourth-order valence-corrected chi connectivity index (χ4v) is 3.56. The van der Waals surface area contributed by atoms with Crippen molar-refractivity contribution >= 4 is 11.8 Å². The summed E-state index contributed by atoms with van der Waals surface area (Å²) in [6.45, 7) is 5.79. The Hall–Kier alpha value is -2.31. The van der Waals surface area contributed by atoms with Gasteiger partial charge in [0.2, 0.25) is 0 Å². The van der Waals surface area contributed by atoms with E-state index in [9.17, 15) is 4.79 Å². The highest BCUT2D eigenvalue weighted by molar-refractivity contribution is 5.88. The third-order valence-corrected chi connectivity index (χ3v) is 4.90. The van der Waals surface area contributed by atoms with Gasteiger partial charge in [0.25, 0.3) is 0 Å². The Kier molecular flexibility index (Phi) is 5.40. The second kappa shape index (κ2) is 7.72. The molecule has 7 heteroatoms. The molecule has 0 aliphatic heterocycles. The van der Waals surface area contributed by atoms with Gasteiger partial charge in [0.15, 0.2) is 0 Å². The second-order valence-electron chi connectivity index (χ2n) is 6.96. The normalized spacial score (nSPS) is 16.6. The quantitative estimate of drug-likeness (QED) is 0.864. The van der Waals surface area contributed by atoms with Crippen LogP contribution in [0.3, 0.4) is 0 Å². The van der Waals surface area contributed by atoms with Gasteiger partial charge in [-0.3, -0.25) is 5.32 Å². The summed E-state index contributed by atoms with van der Waals surface area (Å²) in [6, 6.07) is 2.01. The largest absolute Gasteiger partial charge is 0.361 e. The van der Waals surface area contributed by atoms with E-state index in [0.717, 1.165) is 35.7 Å². The van der Waals surface area contributed by atoms with Gasteiger partial charge in [0.1, 0.15) is 11.6 Å². The standard InChI is InChI=1S/C18H27N5O2/c1-12(11-16-13(2)22-25-14(16)3)20-18(24)21-17-9-10-19-23(17)15-7-5-4-6-8-15/h9-10,12,15H,4-8,11H2,1-3H3,(H2,20,21,24)/t12-/m1/s1. The first kappa shape index (κ1) is 17.5. The summed E-state index contributed by atoms with van der Waals surface area (Å²) in [7, 11) is 0. The number of nitrogens with zero attached hydrogens (tertiary/aromatic N) is 3. The molecule has 2 aromatic heterocycles. The summed E-state index contributed by atoms with van der Waals surface area (Å²) in [5.74, 6) is 1.57. The van der Waals surface area contributed by atoms with E-state index in [-0.39, 0.29) is 12.1 Å². The zero-order chi connectivity index (χ0) is 17.8. The number of anilines is 1. The maximum absolute atomic E-state index is 12.4. The molecular formula is C18H27N5O2. The summed E-state index contributed by atoms with van der Waals surface area (Å²) >= 11 is 0. The van der Waals surface area contributed by atoms with E-state index >= 15 is 0 Å². The van der Waals surface area contributed by atoms with Crippen LogP contribution >= 0.6 is 0 Å². The lowest BCUT2D eigenvalue weighted by atomic mass is 9.96. The van der Waals surface area contributed by atoms with Crippen LogP contribution < -0.4 is 10.6 Å². The molecule has 0 radical (unpaired) electrons. The minimum Gasteiger partial charge on any atom is -0.361 e. The number of carbonyl (C=O) groups is 1. The van der Waals surface area contributed by atoms with Crippen molar-refractivity contribution in [2.45, 2.75) is 71.4 Å². The average molecular weight is 345 g/mol. The molecule has 0 bridgehead atoms. The predicted molar refractivity (Wildman–Crippen MR) is 95.6 cm³/mol. The summed E-state index contributed by atoms with van der Waals surface area (Å²) in [6.07, 6.45) is 8.43. The number of carbonyl (C=O) groups excluding carboxylic acids is 1. The molecule has 2 amide bonds. The van der Waals surface area contributed by atoms with Gasteiger partial charge in [0.05, 0.1) is 17.9 Å². The van der Waals surface area contributed by atoms with Crippen LogP contribution in [0.15, 0.2) is 16.8 Å². The summed E-state index contributed by atoms with van der Waals surface area (Å²) in [4.78, 5) is 12.4. The van der Waals surface area contributed by atoms with E-state index in [0.29, 0.717) is 12.5 Å². The fourth-order valence-electron chi connectivity index (χ4n) is 3.56. The molecule has 25 heavy (non-hydrogen) atoms. The zero-order valence-electron chi connectivity index (χ0n) is 15.2. The van der Waals surface area contributed by atoms with Crippen LogP contribution in [0.2, 0.25) is 0 Å². The Bertz CT molecular complexity index is 695. The molecule has 0 saturated heterocycles. The number of aryl methyl sites for hydroxylation is 2. The topological polar surface area (TPSA) is 85.0 Å². The van der Waals surface area contributed by atoms with E-state index in [1.165, 1.54) is 19.3 Å². The maximum atomic E-state index is 12.4. The Labute approximate surface area is 148 Å². The van der Waals surface area contributed by atoms with Crippen LogP contribution in [0.1, 0.15) is 62.1 Å². The lowest BCUT2D eigenvalue weighted by molar-refractivity contribution is 0.248. The molecule has 0 aromatic carbocycles. The first-order chi connectivity index (χ1) is 12.0. The maximum Gasteiger partial charge on any atom is 0.320 e. The van der Waals surface area contributed by atoms with E-state index in [2.05, 4.69) is 20.9 Å². The minimum absolute atomic E-state index is 0.0251. The summed E-state index contributed by atoms with van der Waals surface area (Å²) < 4.78 is 7.14. The first-order valence-electron chi connectivity index (χ1n) is 9.07. The van der Waals surface area contributed by atoms with E-state index in [1.54, 1.807) is 6.20 Å². The number of urea groups is 1. The molecule has 0 spiro atoms. The Balaban J connectivity index is 1.57. The molecule has 1 aliphatic carbocycles. The van der Waals surface area contributed by atoms with Crippen LogP contribution in [0.25, 0.3) is 0 Å². The van der Waals surface area contributed by atoms with Gasteiger partial charge in [-0.2, -0.15) is 5.10 Å². The SMILES string of the molecule is Cc1noc(C)c1C[C@@H](C)NC(=O)Nc1ccnn1C1CCCCC1. The third-order valence-electron chi connectivity index (χ3n) is 4.90. The highest BCUT2D eigenvalue weighted by atomic mass is 16.5. The molecule has 136 valence electrons. The Morgan fingerprint density at radius 2 is 2.12 bits per heavy atom. The molecule has 1 fully saturated rings. The second-order valence-corrected chi connectivity index (χ2v) is 6.96. The molecule has 7 nitrogen and oxygen atoms in total. The fraction of sp³-hybridized carbons (Fsp3) is 0.611. The van der Waals surface area contributed by atoms with Gasteiger partial charge in [-0.15, -0.1) is 0 Å². The van der Waals surface area contributed by atoms with Crippen LogP contribution in [-0.2, 0) is 6.42 Å². The highest BCUT2D eigenvalue weighted by Gasteiger charge is 2.20. The number of aromatic nitrogens is 3. The molecule has 2 heterocycles. The minimum atomic E-state index is -0.211. The van der Waals surface area contributed by atoms with Crippen molar-refractivity contribution in [2.75, 3.05) is 5.32 Å². The third kappa shape index (κ3) is 4.21. The van der Waals surface area contributed by atoms with Crippen molar-refractivity contribution in [2.24, 2.45) is 0 Å². The van der Waals surface area contributed by atoms with Gasteiger partial charge in [-0.25, -0.2) is 9.48 Å². The van der Waals surface area contributed by atoms with Crippen molar-refractivity contribution in [3.05, 3.63) is 29.3 Å². The van der Waals surface area contributed by atoms with E-state index in [1.807, 2.05) is 31.5 Å². The van der Waals surface area contributed by atoms with Crippen LogP contribution in [-0.4, -0.2) is 27.0 Å². The summed E-state index contributed by atoms with van der Waals surface area (Å²) in [5.41, 5.74) is 1.93. The van der Waals surface area contributed by atoms with Gasteiger partial charge >= 0.3 is 6.03 Å². The number of nitrogens with one attached hydrogen (secondary N) is 2. The van der Waals surface area contributed by atoms with E-state index in [4.69, 9.17) is 4.52 Å². The van der Waals surface area contributed by atoms with Crippen molar-refractivity contribution < 1.29 is 9.32 Å². The van der Waals surface area contributed by atoms with Crippen molar-refractivity contribution in [1.29, 1.82) is 0 Å². The number of hydrogen-bond donors (Lipinski definition) is 2. The zero-order valence-corrected chi connectivity index (χ0v) is 15.2. The molecule has 1 aliphatic rings. The number of rotatable bonds is 5. The highest BCUT2D eigenvalue weighted by Crippen LogP contribution is 2.29. The van der Waals surface area contributed by atoms with Crippen LogP contribution in [0.4, 0.5) is 10.6 Å². The number of amides is 2. The van der Waals surface area contributed by atoms with E-state index < -0.39 is 0 Å². The van der Waals surface area contributed by atoms with Gasteiger partial charge in [-0.05, 0) is 40.0 Å². The lowest BCUT2D eigenvalue weighted by Crippen LogP contribution is -2.38. The van der Waals surface area contributed by atoms with Gasteiger partial charge in [0, 0.05) is 17.7 Å². The molecule has 1 atom stereocenters. The van der Waals surface area contributed by atoms with Crippen LogP contribution in [0, 0.1) is 13.8 Å². The monoisotopic (exact) mass is 345 g/mol. The van der Waals surface area contributed by atoms with Gasteiger partial charge in [-0.1, -0.05) is 24.4 Å². The van der Waals surface area contributed by atoms with Crippen LogP contribution in [0.5, 0.6) is 0 Å². The van der Waals surface area contributed by atoms with Crippen molar-refractivity contribution in [3.63, 3.8) is 0 Å². The lowest BCUT2D eigenvalue weighted by Gasteiger charge is -2.24. The molecular weight excluding hydrogens is 318 g/mol. The first-order valence-corrected chi connectivity index (χ1v) is 9.07. The molecule has 2 aromatic rings. The smallest absolute Gasteiger partial charge is 0.320 e. The van der Waals surface area contributed by atoms with Crippen molar-refractivity contribution in [3.8, 4) is 0 Å². The Morgan fingerprint density at radius 3 is 2.80 bits per heavy atom. The Morgan fingerprint density at radius 1 is 1.36 bits per heavy atom. The molecule has 0 unspecified atom stereocenters. The average Bonchev–Trinajstić information content (AvgIpc) is 3.17. The molecule has 1 saturated carbocycles. The summed E-state index contributed by atoms with van der Waals surface area (Å²) in [5, 5.41) is 14.3. The predicted octanol–water partition coefficient (Wildman–Crippen LogP) is 3.75.